The lowest BCUT2D eigenvalue weighted by atomic mass is 9.94. The van der Waals surface area contributed by atoms with Gasteiger partial charge < -0.3 is 14.4 Å². The third-order valence-corrected chi connectivity index (χ3v) is 5.96. The van der Waals surface area contributed by atoms with Crippen molar-refractivity contribution in [1.29, 1.82) is 0 Å². The van der Waals surface area contributed by atoms with Gasteiger partial charge in [0.1, 0.15) is 0 Å². The zero-order chi connectivity index (χ0) is 24.9. The first-order valence-electron chi connectivity index (χ1n) is 11.4. The Kier molecular flexibility index (Phi) is 7.39. The van der Waals surface area contributed by atoms with E-state index in [1.807, 2.05) is 49.4 Å². The molecule has 1 N–H and O–H groups in total. The fraction of sp³-hybridized carbons (Fsp3) is 0.250. The minimum atomic E-state index is -0.846. The first-order valence-corrected chi connectivity index (χ1v) is 11.4. The van der Waals surface area contributed by atoms with E-state index in [-0.39, 0.29) is 6.54 Å². The van der Waals surface area contributed by atoms with Gasteiger partial charge in [0, 0.05) is 24.8 Å². The third-order valence-electron chi connectivity index (χ3n) is 5.96. The van der Waals surface area contributed by atoms with Crippen LogP contribution in [0.2, 0.25) is 0 Å². The number of hydrogen-bond donors (Lipinski definition) is 1. The molecule has 1 heterocycles. The summed E-state index contributed by atoms with van der Waals surface area (Å²) in [6.45, 7) is 5.10. The predicted molar refractivity (Wildman–Crippen MR) is 135 cm³/mol. The summed E-state index contributed by atoms with van der Waals surface area (Å²) < 4.78 is 11.1. The van der Waals surface area contributed by atoms with Crippen molar-refractivity contribution in [3.05, 3.63) is 82.9 Å². The van der Waals surface area contributed by atoms with Gasteiger partial charge in [0.15, 0.2) is 0 Å². The van der Waals surface area contributed by atoms with E-state index in [9.17, 15) is 4.79 Å². The van der Waals surface area contributed by atoms with E-state index in [1.165, 1.54) is 11.1 Å². The molecule has 0 bridgehead atoms. The number of methoxy groups -OCH3 is 1. The van der Waals surface area contributed by atoms with Crippen LogP contribution in [0.25, 0.3) is 34.0 Å². The van der Waals surface area contributed by atoms with Crippen molar-refractivity contribution in [1.82, 2.24) is 15.0 Å². The van der Waals surface area contributed by atoms with Crippen molar-refractivity contribution in [3.8, 4) is 34.0 Å². The number of likely N-dealkylation sites (N-methyl/N-ethyl adjacent to an activating group) is 1. The number of carbonyl (C=O) groups is 1. The summed E-state index contributed by atoms with van der Waals surface area (Å²) in [4.78, 5) is 17.3. The van der Waals surface area contributed by atoms with E-state index in [4.69, 9.17) is 14.4 Å². The fourth-order valence-corrected chi connectivity index (χ4v) is 4.19. The Labute approximate surface area is 205 Å². The molecule has 0 aliphatic heterocycles. The molecule has 0 unspecified atom stereocenters. The van der Waals surface area contributed by atoms with Crippen molar-refractivity contribution in [2.24, 2.45) is 0 Å². The number of rotatable bonds is 9. The molecule has 1 aromatic heterocycles. The van der Waals surface area contributed by atoms with Crippen molar-refractivity contribution >= 4 is 5.97 Å². The summed E-state index contributed by atoms with van der Waals surface area (Å²) in [7, 11) is 3.47. The topological polar surface area (TPSA) is 88.7 Å². The maximum atomic E-state index is 10.9. The maximum Gasteiger partial charge on any atom is 0.317 e. The molecule has 4 aromatic rings. The monoisotopic (exact) mass is 471 g/mol. The highest BCUT2D eigenvalue weighted by Gasteiger charge is 2.15. The highest BCUT2D eigenvalue weighted by atomic mass is 16.5. The Morgan fingerprint density at radius 1 is 0.971 bits per heavy atom. The lowest BCUT2D eigenvalue weighted by Crippen LogP contribution is -2.25. The molecule has 0 radical (unpaired) electrons. The number of hydrogen-bond acceptors (Lipinski definition) is 6. The molecule has 0 saturated carbocycles. The highest BCUT2D eigenvalue weighted by Crippen LogP contribution is 2.32. The molecule has 180 valence electrons. The maximum absolute atomic E-state index is 10.9. The van der Waals surface area contributed by atoms with Crippen LogP contribution in [0.4, 0.5) is 0 Å². The second-order valence-electron chi connectivity index (χ2n) is 8.75. The highest BCUT2D eigenvalue weighted by molar-refractivity contribution is 5.74. The second-order valence-corrected chi connectivity index (χ2v) is 8.75. The Bertz CT molecular complexity index is 1350. The van der Waals surface area contributed by atoms with Gasteiger partial charge in [-0.05, 0) is 72.5 Å². The van der Waals surface area contributed by atoms with E-state index in [2.05, 4.69) is 35.3 Å². The van der Waals surface area contributed by atoms with E-state index in [0.29, 0.717) is 24.9 Å². The molecule has 4 rings (SSSR count). The summed E-state index contributed by atoms with van der Waals surface area (Å²) >= 11 is 0. The molecule has 3 aromatic carbocycles. The smallest absolute Gasteiger partial charge is 0.317 e. The van der Waals surface area contributed by atoms with Gasteiger partial charge in [-0.15, -0.1) is 0 Å². The van der Waals surface area contributed by atoms with E-state index in [1.54, 1.807) is 19.1 Å². The van der Waals surface area contributed by atoms with Crippen molar-refractivity contribution < 1.29 is 19.2 Å². The molecule has 7 nitrogen and oxygen atoms in total. The minimum Gasteiger partial charge on any atom is -0.480 e. The van der Waals surface area contributed by atoms with Crippen LogP contribution in [-0.2, 0) is 22.7 Å². The van der Waals surface area contributed by atoms with Crippen LogP contribution in [0.1, 0.15) is 22.3 Å². The van der Waals surface area contributed by atoms with E-state index >= 15 is 0 Å². The molecule has 0 spiro atoms. The average molecular weight is 472 g/mol. The third kappa shape index (κ3) is 5.65. The first-order chi connectivity index (χ1) is 16.9. The largest absolute Gasteiger partial charge is 0.480 e. The molecule has 0 amide bonds. The van der Waals surface area contributed by atoms with Gasteiger partial charge in [0.25, 0.3) is 5.89 Å². The van der Waals surface area contributed by atoms with Crippen LogP contribution in [0.5, 0.6) is 0 Å². The normalized spacial score (nSPS) is 11.2. The second kappa shape index (κ2) is 10.6. The minimum absolute atomic E-state index is 0.0108. The lowest BCUT2D eigenvalue weighted by molar-refractivity contribution is -0.138. The van der Waals surface area contributed by atoms with Gasteiger partial charge >= 0.3 is 5.97 Å². The number of aryl methyl sites for hydroxylation is 2. The SMILES string of the molecule is COCc1cc(-c2nc(-c3ccc(CN(C)CC(=O)O)c(C)c3)no2)ccc1-c1ccccc1C. The number of ether oxygens (including phenoxy) is 1. The zero-order valence-corrected chi connectivity index (χ0v) is 20.4. The standard InChI is InChI=1S/C28H29N3O4/c1-18-7-5-6-8-24(18)25-12-11-21(14-23(25)17-34-4)28-29-27(30-35-28)20-9-10-22(19(2)13-20)15-31(3)16-26(32)33/h5-14H,15-17H2,1-4H3,(H,32,33). The zero-order valence-electron chi connectivity index (χ0n) is 20.4. The van der Waals surface area contributed by atoms with Gasteiger partial charge in [0.2, 0.25) is 5.82 Å². The summed E-state index contributed by atoms with van der Waals surface area (Å²) in [6, 6.07) is 20.3. The van der Waals surface area contributed by atoms with Crippen molar-refractivity contribution in [2.45, 2.75) is 27.0 Å². The van der Waals surface area contributed by atoms with E-state index in [0.717, 1.165) is 33.4 Å². The first kappa shape index (κ1) is 24.3. The lowest BCUT2D eigenvalue weighted by Gasteiger charge is -2.16. The quantitative estimate of drug-likeness (QED) is 0.352. The molecule has 0 saturated heterocycles. The summed E-state index contributed by atoms with van der Waals surface area (Å²) in [5.74, 6) is 0.100. The van der Waals surface area contributed by atoms with Gasteiger partial charge in [-0.3, -0.25) is 9.69 Å². The van der Waals surface area contributed by atoms with Gasteiger partial charge in [-0.2, -0.15) is 4.98 Å². The number of carboxylic acid groups (broad SMARTS) is 1. The van der Waals surface area contributed by atoms with Crippen LogP contribution in [0, 0.1) is 13.8 Å². The Hall–Kier alpha value is -3.81. The molecular formula is C28H29N3O4. The van der Waals surface area contributed by atoms with Crippen molar-refractivity contribution in [2.75, 3.05) is 20.7 Å². The van der Waals surface area contributed by atoms with Crippen LogP contribution in [0.3, 0.4) is 0 Å². The van der Waals surface area contributed by atoms with Crippen molar-refractivity contribution in [3.63, 3.8) is 0 Å². The number of carboxylic acids is 1. The molecule has 7 heteroatoms. The van der Waals surface area contributed by atoms with E-state index < -0.39 is 5.97 Å². The Balaban J connectivity index is 1.60. The van der Waals surface area contributed by atoms with Gasteiger partial charge in [0.05, 0.1) is 13.2 Å². The number of nitrogens with zero attached hydrogens (tertiary/aromatic N) is 3. The number of aliphatic carboxylic acids is 1. The molecule has 0 aliphatic rings. The predicted octanol–water partition coefficient (Wildman–Crippen LogP) is 5.35. The molecule has 35 heavy (non-hydrogen) atoms. The molecular weight excluding hydrogens is 442 g/mol. The Morgan fingerprint density at radius 3 is 2.46 bits per heavy atom. The summed E-state index contributed by atoms with van der Waals surface area (Å²) in [5, 5.41) is 13.2. The fourth-order valence-electron chi connectivity index (χ4n) is 4.19. The van der Waals surface area contributed by atoms with Crippen LogP contribution >= 0.6 is 0 Å². The number of benzene rings is 3. The van der Waals surface area contributed by atoms with Gasteiger partial charge in [-0.25, -0.2) is 0 Å². The average Bonchev–Trinajstić information content (AvgIpc) is 3.31. The molecule has 0 fully saturated rings. The van der Waals surface area contributed by atoms with Crippen LogP contribution in [0.15, 0.2) is 65.2 Å². The van der Waals surface area contributed by atoms with Crippen LogP contribution in [-0.4, -0.2) is 46.8 Å². The van der Waals surface area contributed by atoms with Crippen LogP contribution < -0.4 is 0 Å². The Morgan fingerprint density at radius 2 is 1.74 bits per heavy atom. The van der Waals surface area contributed by atoms with Gasteiger partial charge in [-0.1, -0.05) is 47.6 Å². The number of aromatic nitrogens is 2. The summed E-state index contributed by atoms with van der Waals surface area (Å²) in [6.07, 6.45) is 0. The molecule has 0 aliphatic carbocycles. The summed E-state index contributed by atoms with van der Waals surface area (Å²) in [5.41, 5.74) is 8.30. The molecule has 0 atom stereocenters.